The van der Waals surface area contributed by atoms with Crippen LogP contribution < -0.4 is 10.6 Å². The van der Waals surface area contributed by atoms with E-state index in [1.807, 2.05) is 24.3 Å². The third-order valence-electron chi connectivity index (χ3n) is 5.79. The van der Waals surface area contributed by atoms with Crippen LogP contribution in [0, 0.1) is 0 Å². The number of carboxylic acids is 1. The number of hydrogen-bond acceptors (Lipinski definition) is 6. The lowest BCUT2D eigenvalue weighted by molar-refractivity contribution is -0.137. The van der Waals surface area contributed by atoms with Gasteiger partial charge in [0.25, 0.3) is 5.91 Å². The topological polar surface area (TPSA) is 132 Å². The number of fused-ring (bicyclic) bond motifs is 3. The van der Waals surface area contributed by atoms with E-state index in [1.165, 1.54) is 24.2 Å². The number of anilines is 1. The molecule has 1 atom stereocenters. The molecular formula is C25H26N4O6. The molecule has 1 aliphatic carbocycles. The van der Waals surface area contributed by atoms with E-state index < -0.39 is 24.1 Å². The molecule has 4 rings (SSSR count). The molecule has 0 spiro atoms. The highest BCUT2D eigenvalue weighted by Crippen LogP contribution is 2.44. The number of alkyl carbamates (subject to hydrolysis) is 1. The molecular weight excluding hydrogens is 452 g/mol. The molecule has 182 valence electrons. The lowest BCUT2D eigenvalue weighted by atomic mass is 9.98. The molecule has 0 aliphatic heterocycles. The van der Waals surface area contributed by atoms with Crippen molar-refractivity contribution in [1.29, 1.82) is 0 Å². The molecule has 0 radical (unpaired) electrons. The molecule has 1 unspecified atom stereocenters. The fourth-order valence-electron chi connectivity index (χ4n) is 4.19. The molecule has 0 bridgehead atoms. The first kappa shape index (κ1) is 24.0. The van der Waals surface area contributed by atoms with Crippen LogP contribution in [0.3, 0.4) is 0 Å². The van der Waals surface area contributed by atoms with Gasteiger partial charge in [-0.2, -0.15) is 5.10 Å². The zero-order chi connectivity index (χ0) is 24.8. The van der Waals surface area contributed by atoms with Crippen molar-refractivity contribution in [3.8, 4) is 11.1 Å². The zero-order valence-electron chi connectivity index (χ0n) is 19.1. The predicted molar refractivity (Wildman–Crippen MR) is 127 cm³/mol. The Hall–Kier alpha value is -4.18. The summed E-state index contributed by atoms with van der Waals surface area (Å²) in [6.45, 7) is 0.0584. The Morgan fingerprint density at radius 1 is 1.09 bits per heavy atom. The molecule has 1 aliphatic rings. The van der Waals surface area contributed by atoms with Crippen LogP contribution in [0.15, 0.2) is 60.9 Å². The first-order valence-corrected chi connectivity index (χ1v) is 11.1. The predicted octanol–water partition coefficient (Wildman–Crippen LogP) is 2.85. The lowest BCUT2D eigenvalue weighted by Gasteiger charge is -2.16. The van der Waals surface area contributed by atoms with Crippen LogP contribution in [0.4, 0.5) is 10.5 Å². The third kappa shape index (κ3) is 5.67. The number of nitrogens with one attached hydrogen (secondary N) is 2. The first-order valence-electron chi connectivity index (χ1n) is 11.1. The molecule has 3 N–H and O–H groups in total. The van der Waals surface area contributed by atoms with Gasteiger partial charge in [0.05, 0.1) is 11.9 Å². The Bertz CT molecular complexity index is 1180. The minimum Gasteiger partial charge on any atom is -0.480 e. The number of carbonyl (C=O) groups is 3. The van der Waals surface area contributed by atoms with E-state index in [-0.39, 0.29) is 32.0 Å². The Morgan fingerprint density at radius 3 is 2.37 bits per heavy atom. The number of rotatable bonds is 10. The number of nitrogens with zero attached hydrogens (tertiary/aromatic N) is 2. The highest BCUT2D eigenvalue weighted by molar-refractivity contribution is 5.94. The lowest BCUT2D eigenvalue weighted by Crippen LogP contribution is -2.35. The highest BCUT2D eigenvalue weighted by Gasteiger charge is 2.29. The van der Waals surface area contributed by atoms with Gasteiger partial charge in [-0.1, -0.05) is 48.5 Å². The van der Waals surface area contributed by atoms with Gasteiger partial charge in [0.15, 0.2) is 0 Å². The van der Waals surface area contributed by atoms with Crippen LogP contribution >= 0.6 is 0 Å². The SMILES string of the molecule is COC(CCNC(=O)OCC1c2ccccc2-c2ccccc21)C(=O)Nc1cnn(CC(=O)O)c1. The standard InChI is InChI=1S/C25H26N4O6/c1-34-22(24(32)28-16-12-27-29(13-16)14-23(30)31)10-11-26-25(33)35-15-21-19-8-4-2-6-17(19)18-7-3-5-9-20(18)21/h2-9,12-13,21-22H,10-11,14-15H2,1H3,(H,26,33)(H,28,32)(H,30,31). The Morgan fingerprint density at radius 2 is 1.74 bits per heavy atom. The normalized spacial score (nSPS) is 12.9. The number of carboxylic acid groups (broad SMARTS) is 1. The van der Waals surface area contributed by atoms with Gasteiger partial charge in [-0.15, -0.1) is 0 Å². The average molecular weight is 479 g/mol. The fraction of sp³-hybridized carbons (Fsp3) is 0.280. The Labute approximate surface area is 201 Å². The monoisotopic (exact) mass is 478 g/mol. The number of benzene rings is 2. The van der Waals surface area contributed by atoms with Crippen molar-refractivity contribution in [3.05, 3.63) is 72.1 Å². The van der Waals surface area contributed by atoms with E-state index in [4.69, 9.17) is 14.6 Å². The fourth-order valence-corrected chi connectivity index (χ4v) is 4.19. The zero-order valence-corrected chi connectivity index (χ0v) is 19.1. The quantitative estimate of drug-likeness (QED) is 0.408. The second kappa shape index (κ2) is 10.8. The van der Waals surface area contributed by atoms with E-state index in [9.17, 15) is 14.4 Å². The number of carbonyl (C=O) groups excluding carboxylic acids is 2. The minimum absolute atomic E-state index is 0.0345. The first-order chi connectivity index (χ1) is 17.0. The van der Waals surface area contributed by atoms with Gasteiger partial charge < -0.3 is 25.2 Å². The van der Waals surface area contributed by atoms with Gasteiger partial charge in [0.2, 0.25) is 0 Å². The van der Waals surface area contributed by atoms with Crippen molar-refractivity contribution >= 4 is 23.7 Å². The van der Waals surface area contributed by atoms with Crippen molar-refractivity contribution in [2.75, 3.05) is 25.6 Å². The number of aliphatic carboxylic acids is 1. The van der Waals surface area contributed by atoms with Crippen molar-refractivity contribution in [1.82, 2.24) is 15.1 Å². The maximum atomic E-state index is 12.5. The van der Waals surface area contributed by atoms with Gasteiger partial charge in [-0.25, -0.2) is 4.79 Å². The van der Waals surface area contributed by atoms with E-state index in [1.54, 1.807) is 0 Å². The van der Waals surface area contributed by atoms with E-state index in [2.05, 4.69) is 40.0 Å². The minimum atomic E-state index is -1.04. The second-order valence-electron chi connectivity index (χ2n) is 8.07. The van der Waals surface area contributed by atoms with Crippen molar-refractivity contribution in [3.63, 3.8) is 0 Å². The molecule has 1 heterocycles. The maximum absolute atomic E-state index is 12.5. The highest BCUT2D eigenvalue weighted by atomic mass is 16.5. The average Bonchev–Trinajstić information content (AvgIpc) is 3.41. The number of aromatic nitrogens is 2. The molecule has 10 heteroatoms. The van der Waals surface area contributed by atoms with Crippen LogP contribution in [-0.4, -0.2) is 59.2 Å². The van der Waals surface area contributed by atoms with Gasteiger partial charge in [-0.3, -0.25) is 14.3 Å². The largest absolute Gasteiger partial charge is 0.480 e. The van der Waals surface area contributed by atoms with Gasteiger partial charge in [0.1, 0.15) is 19.3 Å². The van der Waals surface area contributed by atoms with Crippen LogP contribution in [0.5, 0.6) is 0 Å². The summed E-state index contributed by atoms with van der Waals surface area (Å²) < 4.78 is 11.9. The smallest absolute Gasteiger partial charge is 0.407 e. The van der Waals surface area contributed by atoms with Crippen LogP contribution in [0.2, 0.25) is 0 Å². The third-order valence-corrected chi connectivity index (χ3v) is 5.79. The van der Waals surface area contributed by atoms with E-state index >= 15 is 0 Å². The molecule has 0 fully saturated rings. The number of hydrogen-bond donors (Lipinski definition) is 3. The van der Waals surface area contributed by atoms with Crippen molar-refractivity contribution in [2.24, 2.45) is 0 Å². The van der Waals surface area contributed by atoms with Crippen LogP contribution in [0.1, 0.15) is 23.5 Å². The number of ether oxygens (including phenoxy) is 2. The summed E-state index contributed by atoms with van der Waals surface area (Å²) in [6.07, 6.45) is 1.58. The maximum Gasteiger partial charge on any atom is 0.407 e. The van der Waals surface area contributed by atoms with Crippen LogP contribution in [0.25, 0.3) is 11.1 Å². The molecule has 0 saturated carbocycles. The molecule has 0 saturated heterocycles. The second-order valence-corrected chi connectivity index (χ2v) is 8.07. The van der Waals surface area contributed by atoms with Gasteiger partial charge >= 0.3 is 12.1 Å². The summed E-state index contributed by atoms with van der Waals surface area (Å²) >= 11 is 0. The summed E-state index contributed by atoms with van der Waals surface area (Å²) in [6, 6.07) is 16.2. The summed E-state index contributed by atoms with van der Waals surface area (Å²) in [7, 11) is 1.39. The number of methoxy groups -OCH3 is 1. The Kier molecular flexibility index (Phi) is 7.41. The summed E-state index contributed by atoms with van der Waals surface area (Å²) in [5.74, 6) is -1.51. The van der Waals surface area contributed by atoms with Crippen molar-refractivity contribution < 1.29 is 29.0 Å². The Balaban J connectivity index is 1.25. The van der Waals surface area contributed by atoms with E-state index in [0.717, 1.165) is 22.3 Å². The molecule has 10 nitrogen and oxygen atoms in total. The summed E-state index contributed by atoms with van der Waals surface area (Å²) in [4.78, 5) is 35.5. The summed E-state index contributed by atoms with van der Waals surface area (Å²) in [5, 5.41) is 18.0. The number of amides is 2. The van der Waals surface area contributed by atoms with Crippen LogP contribution in [-0.2, 0) is 25.6 Å². The molecule has 35 heavy (non-hydrogen) atoms. The van der Waals surface area contributed by atoms with Gasteiger partial charge in [-0.05, 0) is 22.3 Å². The molecule has 2 aromatic carbocycles. The van der Waals surface area contributed by atoms with E-state index in [0.29, 0.717) is 5.69 Å². The molecule has 2 amide bonds. The van der Waals surface area contributed by atoms with Crippen molar-refractivity contribution in [2.45, 2.75) is 25.0 Å². The van der Waals surface area contributed by atoms with Gasteiger partial charge in [0, 0.05) is 32.2 Å². The molecule has 3 aromatic rings. The summed E-state index contributed by atoms with van der Waals surface area (Å²) in [5.41, 5.74) is 4.91. The molecule has 1 aromatic heterocycles.